The minimum Gasteiger partial charge on any atom is -0.481 e. The Kier molecular flexibility index (Phi) is 3.11. The second kappa shape index (κ2) is 4.71. The maximum Gasteiger partial charge on any atom is 0.345 e. The van der Waals surface area contributed by atoms with Crippen LogP contribution in [0, 0.1) is 11.3 Å². The van der Waals surface area contributed by atoms with Gasteiger partial charge >= 0.3 is 11.7 Å². The number of aryl methyl sites for hydroxylation is 1. The van der Waals surface area contributed by atoms with Crippen LogP contribution in [0.1, 0.15) is 19.3 Å². The van der Waals surface area contributed by atoms with Crippen molar-refractivity contribution in [3.8, 4) is 0 Å². The van der Waals surface area contributed by atoms with Crippen LogP contribution in [0.5, 0.6) is 0 Å². The Labute approximate surface area is 121 Å². The third-order valence-corrected chi connectivity index (χ3v) is 4.82. The van der Waals surface area contributed by atoms with E-state index < -0.39 is 11.4 Å². The van der Waals surface area contributed by atoms with Crippen LogP contribution in [0.2, 0.25) is 0 Å². The van der Waals surface area contributed by atoms with Crippen molar-refractivity contribution in [3.05, 3.63) is 16.8 Å². The van der Waals surface area contributed by atoms with Crippen LogP contribution < -0.4 is 5.69 Å². The Morgan fingerprint density at radius 3 is 2.86 bits per heavy atom. The molecule has 2 aliphatic rings. The van der Waals surface area contributed by atoms with Crippen LogP contribution >= 0.6 is 0 Å². The lowest BCUT2D eigenvalue weighted by molar-refractivity contribution is -0.149. The summed E-state index contributed by atoms with van der Waals surface area (Å²) < 4.78 is 2.40. The molecule has 1 aromatic heterocycles. The van der Waals surface area contributed by atoms with Crippen molar-refractivity contribution < 1.29 is 14.7 Å². The predicted octanol–water partition coefficient (Wildman–Crippen LogP) is -0.705. The van der Waals surface area contributed by atoms with Gasteiger partial charge in [-0.05, 0) is 18.8 Å². The van der Waals surface area contributed by atoms with Gasteiger partial charge in [0.15, 0.2) is 0 Å². The molecule has 2 atom stereocenters. The number of carboxylic acid groups (broad SMARTS) is 1. The molecule has 2 fully saturated rings. The molecule has 1 amide bonds. The van der Waals surface area contributed by atoms with Gasteiger partial charge in [0, 0.05) is 20.1 Å². The molecule has 0 radical (unpaired) electrons. The largest absolute Gasteiger partial charge is 0.481 e. The number of amides is 1. The molecule has 1 saturated heterocycles. The monoisotopic (exact) mass is 294 g/mol. The van der Waals surface area contributed by atoms with E-state index in [1.807, 2.05) is 0 Å². The van der Waals surface area contributed by atoms with Crippen molar-refractivity contribution in [2.45, 2.75) is 25.8 Å². The molecule has 1 N–H and O–H groups in total. The maximum absolute atomic E-state index is 12.3. The van der Waals surface area contributed by atoms with Gasteiger partial charge in [0.2, 0.25) is 5.91 Å². The quantitative estimate of drug-likeness (QED) is 0.794. The van der Waals surface area contributed by atoms with Gasteiger partial charge in [-0.15, -0.1) is 0 Å². The van der Waals surface area contributed by atoms with Gasteiger partial charge in [-0.3, -0.25) is 14.2 Å². The highest BCUT2D eigenvalue weighted by atomic mass is 16.4. The molecule has 114 valence electrons. The number of nitrogens with zero attached hydrogens (tertiary/aromatic N) is 4. The van der Waals surface area contributed by atoms with E-state index in [4.69, 9.17) is 0 Å². The van der Waals surface area contributed by atoms with Gasteiger partial charge in [0.05, 0.1) is 5.41 Å². The van der Waals surface area contributed by atoms with Gasteiger partial charge in [-0.2, -0.15) is 5.10 Å². The Balaban J connectivity index is 1.74. The molecule has 1 aliphatic carbocycles. The summed E-state index contributed by atoms with van der Waals surface area (Å²) in [5.41, 5.74) is -1.14. The molecule has 21 heavy (non-hydrogen) atoms. The van der Waals surface area contributed by atoms with Crippen LogP contribution in [0.3, 0.4) is 0 Å². The zero-order chi connectivity index (χ0) is 15.2. The summed E-state index contributed by atoms with van der Waals surface area (Å²) in [4.78, 5) is 37.1. The molecular weight excluding hydrogens is 276 g/mol. The molecule has 3 rings (SSSR count). The first-order valence-corrected chi connectivity index (χ1v) is 7.03. The number of aromatic nitrogens is 3. The van der Waals surface area contributed by atoms with E-state index in [1.165, 1.54) is 10.9 Å². The molecule has 1 aliphatic heterocycles. The van der Waals surface area contributed by atoms with E-state index >= 15 is 0 Å². The molecular formula is C13H18N4O4. The Morgan fingerprint density at radius 1 is 1.52 bits per heavy atom. The molecule has 0 bridgehead atoms. The Morgan fingerprint density at radius 2 is 2.29 bits per heavy atom. The van der Waals surface area contributed by atoms with E-state index in [0.717, 1.165) is 17.5 Å². The van der Waals surface area contributed by atoms with Crippen molar-refractivity contribution in [2.24, 2.45) is 18.4 Å². The maximum atomic E-state index is 12.3. The van der Waals surface area contributed by atoms with E-state index in [1.54, 1.807) is 11.9 Å². The molecule has 8 heteroatoms. The lowest BCUT2D eigenvalue weighted by Crippen LogP contribution is -2.39. The number of aliphatic carboxylic acids is 1. The highest BCUT2D eigenvalue weighted by molar-refractivity contribution is 5.81. The fraction of sp³-hybridized carbons (Fsp3) is 0.692. The summed E-state index contributed by atoms with van der Waals surface area (Å²) >= 11 is 0. The summed E-state index contributed by atoms with van der Waals surface area (Å²) in [5.74, 6) is -1.03. The topological polar surface area (TPSA) is 97.4 Å². The normalized spacial score (nSPS) is 27.9. The highest BCUT2D eigenvalue weighted by Crippen LogP contribution is 2.48. The SMILES string of the molecule is Cn1cnn(CC(=O)N2C[C@@H]3CCC[C@@]3(C(=O)O)C2)c1=O. The van der Waals surface area contributed by atoms with Crippen LogP contribution in [0.25, 0.3) is 0 Å². The number of hydrogen-bond acceptors (Lipinski definition) is 4. The third kappa shape index (κ3) is 2.05. The lowest BCUT2D eigenvalue weighted by atomic mass is 9.81. The zero-order valence-corrected chi connectivity index (χ0v) is 11.9. The molecule has 0 spiro atoms. The summed E-state index contributed by atoms with van der Waals surface area (Å²) in [5, 5.41) is 13.4. The van der Waals surface area contributed by atoms with Crippen molar-refractivity contribution in [2.75, 3.05) is 13.1 Å². The number of likely N-dealkylation sites (tertiary alicyclic amines) is 1. The minimum absolute atomic E-state index is 0.0272. The van der Waals surface area contributed by atoms with Crippen molar-refractivity contribution in [3.63, 3.8) is 0 Å². The highest BCUT2D eigenvalue weighted by Gasteiger charge is 2.55. The number of hydrogen-bond donors (Lipinski definition) is 1. The Bertz CT molecular complexity index is 649. The average molecular weight is 294 g/mol. The molecule has 0 unspecified atom stereocenters. The van der Waals surface area contributed by atoms with Gasteiger partial charge in [-0.25, -0.2) is 9.48 Å². The van der Waals surface area contributed by atoms with Crippen LogP contribution in [0.4, 0.5) is 0 Å². The van der Waals surface area contributed by atoms with E-state index in [2.05, 4.69) is 5.10 Å². The summed E-state index contributed by atoms with van der Waals surface area (Å²) in [6, 6.07) is 0. The fourth-order valence-corrected chi connectivity index (χ4v) is 3.59. The molecule has 2 heterocycles. The van der Waals surface area contributed by atoms with Gasteiger partial charge in [0.25, 0.3) is 0 Å². The summed E-state index contributed by atoms with van der Waals surface area (Å²) in [7, 11) is 1.57. The van der Waals surface area contributed by atoms with Gasteiger partial charge in [0.1, 0.15) is 12.9 Å². The van der Waals surface area contributed by atoms with Crippen LogP contribution in [0.15, 0.2) is 11.1 Å². The van der Waals surface area contributed by atoms with Crippen LogP contribution in [-0.2, 0) is 23.2 Å². The number of fused-ring (bicyclic) bond motifs is 1. The number of carbonyl (C=O) groups is 2. The fourth-order valence-electron chi connectivity index (χ4n) is 3.59. The van der Waals surface area contributed by atoms with Crippen molar-refractivity contribution in [1.29, 1.82) is 0 Å². The molecule has 1 aromatic rings. The number of carbonyl (C=O) groups excluding carboxylic acids is 1. The van der Waals surface area contributed by atoms with E-state index in [-0.39, 0.29) is 30.6 Å². The van der Waals surface area contributed by atoms with Crippen LogP contribution in [-0.4, -0.2) is 49.3 Å². The zero-order valence-electron chi connectivity index (χ0n) is 11.9. The first kappa shape index (κ1) is 13.8. The smallest absolute Gasteiger partial charge is 0.345 e. The molecule has 1 saturated carbocycles. The van der Waals surface area contributed by atoms with Crippen molar-refractivity contribution >= 4 is 11.9 Å². The Hall–Kier alpha value is -2.12. The lowest BCUT2D eigenvalue weighted by Gasteiger charge is -2.23. The van der Waals surface area contributed by atoms with Gasteiger partial charge < -0.3 is 10.0 Å². The van der Waals surface area contributed by atoms with E-state index in [0.29, 0.717) is 13.0 Å². The number of carboxylic acids is 1. The standard InChI is InChI=1S/C13H18N4O4/c1-15-8-14-17(12(15)21)6-10(18)16-5-9-3-2-4-13(9,7-16)11(19)20/h8-9H,2-7H2,1H3,(H,19,20)/t9-,13+/m0/s1. The van der Waals surface area contributed by atoms with Gasteiger partial charge in [-0.1, -0.05) is 6.42 Å². The van der Waals surface area contributed by atoms with E-state index in [9.17, 15) is 19.5 Å². The number of rotatable bonds is 3. The minimum atomic E-state index is -0.810. The first-order valence-electron chi connectivity index (χ1n) is 7.03. The first-order chi connectivity index (χ1) is 9.94. The second-order valence-corrected chi connectivity index (χ2v) is 6.01. The molecule has 8 nitrogen and oxygen atoms in total. The average Bonchev–Trinajstić information content (AvgIpc) is 3.06. The predicted molar refractivity (Wildman–Crippen MR) is 71.5 cm³/mol. The second-order valence-electron chi connectivity index (χ2n) is 6.01. The summed E-state index contributed by atoms with van der Waals surface area (Å²) in [6.45, 7) is 0.572. The summed E-state index contributed by atoms with van der Waals surface area (Å²) in [6.07, 6.45) is 3.73. The third-order valence-electron chi connectivity index (χ3n) is 4.82. The van der Waals surface area contributed by atoms with Crippen molar-refractivity contribution in [1.82, 2.24) is 19.2 Å². The molecule has 0 aromatic carbocycles.